The molecule has 0 radical (unpaired) electrons. The summed E-state index contributed by atoms with van der Waals surface area (Å²) in [7, 11) is 0. The van der Waals surface area contributed by atoms with Gasteiger partial charge in [0.1, 0.15) is 5.82 Å². The van der Waals surface area contributed by atoms with Gasteiger partial charge in [0.05, 0.1) is 12.1 Å². The number of hydrogen-bond acceptors (Lipinski definition) is 2. The lowest BCUT2D eigenvalue weighted by Crippen LogP contribution is -2.33. The molecule has 0 aliphatic heterocycles. The molecule has 0 saturated carbocycles. The van der Waals surface area contributed by atoms with Crippen molar-refractivity contribution in [2.75, 3.05) is 11.9 Å². The smallest absolute Gasteiger partial charge is 0.252 e. The molecule has 0 spiro atoms. The fourth-order valence-electron chi connectivity index (χ4n) is 1.78. The Morgan fingerprint density at radius 3 is 2.59 bits per heavy atom. The van der Waals surface area contributed by atoms with Crippen LogP contribution in [0.15, 0.2) is 42.5 Å². The van der Waals surface area contributed by atoms with Crippen molar-refractivity contribution in [2.45, 2.75) is 6.92 Å². The lowest BCUT2D eigenvalue weighted by molar-refractivity contribution is -0.115. The molecule has 0 unspecified atom stereocenters. The molecule has 0 heterocycles. The van der Waals surface area contributed by atoms with Crippen molar-refractivity contribution in [2.24, 2.45) is 0 Å². The molecule has 22 heavy (non-hydrogen) atoms. The summed E-state index contributed by atoms with van der Waals surface area (Å²) in [6, 6.07) is 11.5. The first kappa shape index (κ1) is 16.4. The summed E-state index contributed by atoms with van der Waals surface area (Å²) in [5.41, 5.74) is 1.37. The van der Waals surface area contributed by atoms with Crippen molar-refractivity contribution in [3.63, 3.8) is 0 Å². The second-order valence-corrected chi connectivity index (χ2v) is 5.84. The molecule has 2 aromatic carbocycles. The van der Waals surface area contributed by atoms with E-state index in [0.29, 0.717) is 16.8 Å². The fourth-order valence-corrected chi connectivity index (χ4v) is 2.41. The van der Waals surface area contributed by atoms with Gasteiger partial charge in [0, 0.05) is 9.26 Å². The van der Waals surface area contributed by atoms with E-state index >= 15 is 0 Å². The summed E-state index contributed by atoms with van der Waals surface area (Å²) >= 11 is 2.05. The van der Waals surface area contributed by atoms with Gasteiger partial charge in [-0.25, -0.2) is 4.39 Å². The molecular weight excluding hydrogens is 398 g/mol. The number of halogens is 2. The SMILES string of the molecule is Cc1ccc(NC(=O)CNC(=O)c2ccccc2I)cc1F. The largest absolute Gasteiger partial charge is 0.343 e. The van der Waals surface area contributed by atoms with E-state index in [-0.39, 0.29) is 18.3 Å². The van der Waals surface area contributed by atoms with Crippen molar-refractivity contribution >= 4 is 40.1 Å². The molecular formula is C16H14FIN2O2. The average molecular weight is 412 g/mol. The van der Waals surface area contributed by atoms with Gasteiger partial charge in [0.2, 0.25) is 5.91 Å². The Labute approximate surface area is 141 Å². The topological polar surface area (TPSA) is 58.2 Å². The van der Waals surface area contributed by atoms with Crippen molar-refractivity contribution in [1.29, 1.82) is 0 Å². The number of benzene rings is 2. The molecule has 6 heteroatoms. The van der Waals surface area contributed by atoms with Gasteiger partial charge in [-0.1, -0.05) is 18.2 Å². The second kappa shape index (κ2) is 7.35. The van der Waals surface area contributed by atoms with Crippen molar-refractivity contribution in [3.8, 4) is 0 Å². The minimum Gasteiger partial charge on any atom is -0.343 e. The Bertz CT molecular complexity index is 719. The lowest BCUT2D eigenvalue weighted by Gasteiger charge is -2.08. The van der Waals surface area contributed by atoms with Gasteiger partial charge < -0.3 is 10.6 Å². The molecule has 0 aliphatic rings. The van der Waals surface area contributed by atoms with E-state index in [2.05, 4.69) is 33.2 Å². The summed E-state index contributed by atoms with van der Waals surface area (Å²) in [6.45, 7) is 1.46. The van der Waals surface area contributed by atoms with E-state index in [4.69, 9.17) is 0 Å². The Balaban J connectivity index is 1.91. The van der Waals surface area contributed by atoms with Crippen LogP contribution in [0.2, 0.25) is 0 Å². The molecule has 0 aliphatic carbocycles. The van der Waals surface area contributed by atoms with Crippen LogP contribution in [-0.2, 0) is 4.79 Å². The minimum atomic E-state index is -0.414. The van der Waals surface area contributed by atoms with Gasteiger partial charge in [-0.3, -0.25) is 9.59 Å². The van der Waals surface area contributed by atoms with Crippen LogP contribution in [0.5, 0.6) is 0 Å². The summed E-state index contributed by atoms with van der Waals surface area (Å²) in [4.78, 5) is 23.7. The molecule has 0 fully saturated rings. The summed E-state index contributed by atoms with van der Waals surface area (Å²) in [6.07, 6.45) is 0. The van der Waals surface area contributed by atoms with Gasteiger partial charge in [0.15, 0.2) is 0 Å². The maximum atomic E-state index is 13.4. The highest BCUT2D eigenvalue weighted by Gasteiger charge is 2.11. The standard InChI is InChI=1S/C16H14FIN2O2/c1-10-6-7-11(8-13(10)17)20-15(21)9-19-16(22)12-4-2-3-5-14(12)18/h2-8H,9H2,1H3,(H,19,22)(H,20,21). The van der Waals surface area contributed by atoms with Crippen molar-refractivity contribution in [3.05, 3.63) is 63.0 Å². The zero-order valence-corrected chi connectivity index (χ0v) is 14.0. The molecule has 0 atom stereocenters. The molecule has 2 N–H and O–H groups in total. The maximum absolute atomic E-state index is 13.4. The van der Waals surface area contributed by atoms with Crippen LogP contribution >= 0.6 is 22.6 Å². The number of hydrogen-bond donors (Lipinski definition) is 2. The normalized spacial score (nSPS) is 10.1. The Hall–Kier alpha value is -1.96. The molecule has 0 saturated heterocycles. The van der Waals surface area contributed by atoms with Crippen LogP contribution in [-0.4, -0.2) is 18.4 Å². The predicted octanol–water partition coefficient (Wildman–Crippen LogP) is 3.11. The monoisotopic (exact) mass is 412 g/mol. The lowest BCUT2D eigenvalue weighted by atomic mass is 10.2. The van der Waals surface area contributed by atoms with Crippen LogP contribution in [0, 0.1) is 16.3 Å². The summed E-state index contributed by atoms with van der Waals surface area (Å²) in [5, 5.41) is 5.07. The van der Waals surface area contributed by atoms with Crippen LogP contribution < -0.4 is 10.6 Å². The third-order valence-electron chi connectivity index (χ3n) is 2.98. The minimum absolute atomic E-state index is 0.181. The van der Waals surface area contributed by atoms with E-state index in [1.165, 1.54) is 6.07 Å². The van der Waals surface area contributed by atoms with Crippen LogP contribution in [0.1, 0.15) is 15.9 Å². The zero-order valence-electron chi connectivity index (χ0n) is 11.8. The molecule has 2 rings (SSSR count). The van der Waals surface area contributed by atoms with E-state index in [0.717, 1.165) is 3.57 Å². The van der Waals surface area contributed by atoms with Crippen LogP contribution in [0.4, 0.5) is 10.1 Å². The number of amides is 2. The number of anilines is 1. The average Bonchev–Trinajstić information content (AvgIpc) is 2.49. The van der Waals surface area contributed by atoms with Gasteiger partial charge in [-0.05, 0) is 59.3 Å². The highest BCUT2D eigenvalue weighted by molar-refractivity contribution is 14.1. The first-order valence-electron chi connectivity index (χ1n) is 6.56. The predicted molar refractivity (Wildman–Crippen MR) is 91.3 cm³/mol. The molecule has 2 aromatic rings. The van der Waals surface area contributed by atoms with Gasteiger partial charge in [-0.15, -0.1) is 0 Å². The van der Waals surface area contributed by atoms with E-state index < -0.39 is 5.91 Å². The third kappa shape index (κ3) is 4.27. The van der Waals surface area contributed by atoms with Crippen LogP contribution in [0.3, 0.4) is 0 Å². The molecule has 0 bridgehead atoms. The van der Waals surface area contributed by atoms with Gasteiger partial charge >= 0.3 is 0 Å². The first-order valence-corrected chi connectivity index (χ1v) is 7.64. The molecule has 4 nitrogen and oxygen atoms in total. The van der Waals surface area contributed by atoms with E-state index in [1.807, 2.05) is 12.1 Å². The number of carbonyl (C=O) groups excluding carboxylic acids is 2. The quantitative estimate of drug-likeness (QED) is 0.759. The highest BCUT2D eigenvalue weighted by atomic mass is 127. The maximum Gasteiger partial charge on any atom is 0.252 e. The van der Waals surface area contributed by atoms with Crippen molar-refractivity contribution < 1.29 is 14.0 Å². The molecule has 0 aromatic heterocycles. The Morgan fingerprint density at radius 2 is 1.91 bits per heavy atom. The summed E-state index contributed by atoms with van der Waals surface area (Å²) in [5.74, 6) is -1.13. The number of nitrogens with one attached hydrogen (secondary N) is 2. The number of carbonyl (C=O) groups is 2. The molecule has 2 amide bonds. The number of rotatable bonds is 4. The Kier molecular flexibility index (Phi) is 5.48. The van der Waals surface area contributed by atoms with E-state index in [1.54, 1.807) is 31.2 Å². The summed E-state index contributed by atoms with van der Waals surface area (Å²) < 4.78 is 14.2. The van der Waals surface area contributed by atoms with Gasteiger partial charge in [-0.2, -0.15) is 0 Å². The van der Waals surface area contributed by atoms with Crippen molar-refractivity contribution in [1.82, 2.24) is 5.32 Å². The van der Waals surface area contributed by atoms with Crippen LogP contribution in [0.25, 0.3) is 0 Å². The third-order valence-corrected chi connectivity index (χ3v) is 3.92. The zero-order chi connectivity index (χ0) is 16.1. The number of aryl methyl sites for hydroxylation is 1. The highest BCUT2D eigenvalue weighted by Crippen LogP contribution is 2.13. The Morgan fingerprint density at radius 1 is 1.18 bits per heavy atom. The van der Waals surface area contributed by atoms with E-state index in [9.17, 15) is 14.0 Å². The second-order valence-electron chi connectivity index (χ2n) is 4.67. The van der Waals surface area contributed by atoms with Gasteiger partial charge in [0.25, 0.3) is 5.91 Å². The fraction of sp³-hybridized carbons (Fsp3) is 0.125. The molecule has 114 valence electrons. The first-order chi connectivity index (χ1) is 10.5.